The number of anilines is 3. The second-order valence-corrected chi connectivity index (χ2v) is 10.6. The van der Waals surface area contributed by atoms with Gasteiger partial charge in [-0.3, -0.25) is 4.31 Å². The maximum absolute atomic E-state index is 13.9. The molecule has 36 heavy (non-hydrogen) atoms. The van der Waals surface area contributed by atoms with Gasteiger partial charge >= 0.3 is 0 Å². The van der Waals surface area contributed by atoms with E-state index < -0.39 is 10.0 Å². The molecule has 6 rings (SSSR count). The molecular weight excluding hydrogens is 474 g/mol. The van der Waals surface area contributed by atoms with E-state index in [1.165, 1.54) is 4.31 Å². The summed E-state index contributed by atoms with van der Waals surface area (Å²) in [5, 5.41) is 5.06. The third kappa shape index (κ3) is 3.62. The molecule has 0 spiro atoms. The van der Waals surface area contributed by atoms with Crippen LogP contribution in [0, 0.1) is 0 Å². The molecule has 1 atom stereocenters. The zero-order valence-electron chi connectivity index (χ0n) is 19.2. The molecule has 0 saturated heterocycles. The third-order valence-electron chi connectivity index (χ3n) is 6.49. The van der Waals surface area contributed by atoms with Crippen LogP contribution in [0.2, 0.25) is 0 Å². The van der Waals surface area contributed by atoms with Gasteiger partial charge in [0.15, 0.2) is 5.65 Å². The Bertz CT molecular complexity index is 1680. The van der Waals surface area contributed by atoms with Crippen molar-refractivity contribution in [3.63, 3.8) is 0 Å². The van der Waals surface area contributed by atoms with E-state index in [2.05, 4.69) is 15.1 Å². The third-order valence-corrected chi connectivity index (χ3v) is 8.28. The van der Waals surface area contributed by atoms with Gasteiger partial charge in [0.2, 0.25) is 5.95 Å². The van der Waals surface area contributed by atoms with Crippen molar-refractivity contribution in [3.05, 3.63) is 90.6 Å². The van der Waals surface area contributed by atoms with E-state index in [0.29, 0.717) is 23.1 Å². The predicted molar refractivity (Wildman–Crippen MR) is 140 cm³/mol. The summed E-state index contributed by atoms with van der Waals surface area (Å²) in [7, 11) is -3.86. The lowest BCUT2D eigenvalue weighted by atomic mass is 10.00. The van der Waals surface area contributed by atoms with Gasteiger partial charge in [-0.25, -0.2) is 13.1 Å². The minimum absolute atomic E-state index is 0.0425. The van der Waals surface area contributed by atoms with E-state index in [-0.39, 0.29) is 29.2 Å². The molecule has 180 valence electrons. The smallest absolute Gasteiger partial charge is 0.264 e. The van der Waals surface area contributed by atoms with E-state index in [9.17, 15) is 8.42 Å². The minimum Gasteiger partial charge on any atom is -0.383 e. The largest absolute Gasteiger partial charge is 0.383 e. The first-order chi connectivity index (χ1) is 17.4. The molecule has 10 heteroatoms. The Kier molecular flexibility index (Phi) is 5.11. The number of nitrogens with two attached hydrogens (primary N) is 2. The number of fused-ring (bicyclic) bond motifs is 2. The Labute approximate surface area is 208 Å². The molecule has 3 heterocycles. The average Bonchev–Trinajstić information content (AvgIpc) is 3.33. The van der Waals surface area contributed by atoms with E-state index in [1.54, 1.807) is 23.0 Å². The Morgan fingerprint density at radius 3 is 2.31 bits per heavy atom. The zero-order chi connectivity index (χ0) is 24.9. The lowest BCUT2D eigenvalue weighted by Gasteiger charge is -2.35. The van der Waals surface area contributed by atoms with Crippen molar-refractivity contribution < 1.29 is 8.42 Å². The Hall–Kier alpha value is -4.44. The van der Waals surface area contributed by atoms with Crippen molar-refractivity contribution in [2.75, 3.05) is 22.3 Å². The summed E-state index contributed by atoms with van der Waals surface area (Å²) in [6, 6.07) is 24.0. The maximum atomic E-state index is 13.9. The summed E-state index contributed by atoms with van der Waals surface area (Å²) in [5.74, 6) is 0.281. The molecule has 1 unspecified atom stereocenters. The Balaban J connectivity index is 1.41. The minimum atomic E-state index is -3.86. The molecule has 0 bridgehead atoms. The Morgan fingerprint density at radius 2 is 1.53 bits per heavy atom. The van der Waals surface area contributed by atoms with Crippen LogP contribution in [0.5, 0.6) is 0 Å². The van der Waals surface area contributed by atoms with Crippen molar-refractivity contribution in [3.8, 4) is 11.1 Å². The van der Waals surface area contributed by atoms with Crippen LogP contribution in [0.3, 0.4) is 0 Å². The molecule has 3 aromatic carbocycles. The van der Waals surface area contributed by atoms with Gasteiger partial charge < -0.3 is 11.5 Å². The molecule has 5 aromatic rings. The fraction of sp³-hybridized carbons (Fsp3) is 0.115. The van der Waals surface area contributed by atoms with Crippen molar-refractivity contribution >= 4 is 38.5 Å². The van der Waals surface area contributed by atoms with Gasteiger partial charge in [0.05, 0.1) is 34.8 Å². The van der Waals surface area contributed by atoms with E-state index in [4.69, 9.17) is 11.5 Å². The van der Waals surface area contributed by atoms with Crippen LogP contribution in [0.4, 0.5) is 17.5 Å². The molecule has 9 nitrogen and oxygen atoms in total. The summed E-state index contributed by atoms with van der Waals surface area (Å²) >= 11 is 0. The van der Waals surface area contributed by atoms with Crippen LogP contribution in [0.15, 0.2) is 90.0 Å². The van der Waals surface area contributed by atoms with Gasteiger partial charge in [0.25, 0.3) is 10.0 Å². The van der Waals surface area contributed by atoms with Crippen LogP contribution < -0.4 is 15.8 Å². The topological polar surface area (TPSA) is 133 Å². The monoisotopic (exact) mass is 497 g/mol. The molecular formula is C26H23N7O2S. The van der Waals surface area contributed by atoms with Gasteiger partial charge in [-0.15, -0.1) is 0 Å². The molecule has 0 saturated carbocycles. The van der Waals surface area contributed by atoms with Gasteiger partial charge in [-0.2, -0.15) is 15.1 Å². The summed E-state index contributed by atoms with van der Waals surface area (Å²) in [4.78, 5) is 8.56. The summed E-state index contributed by atoms with van der Waals surface area (Å²) in [5.41, 5.74) is 15.9. The highest BCUT2D eigenvalue weighted by Crippen LogP contribution is 2.37. The summed E-state index contributed by atoms with van der Waals surface area (Å²) in [6.45, 7) is 0.181. The van der Waals surface area contributed by atoms with Crippen molar-refractivity contribution in [1.29, 1.82) is 0 Å². The van der Waals surface area contributed by atoms with Crippen molar-refractivity contribution in [2.24, 2.45) is 0 Å². The first-order valence-corrected chi connectivity index (χ1v) is 12.9. The second-order valence-electron chi connectivity index (χ2n) is 8.71. The fourth-order valence-corrected chi connectivity index (χ4v) is 6.28. The molecule has 0 radical (unpaired) electrons. The lowest BCUT2D eigenvalue weighted by Crippen LogP contribution is -2.41. The zero-order valence-corrected chi connectivity index (χ0v) is 20.0. The molecule has 0 fully saturated rings. The van der Waals surface area contributed by atoms with Gasteiger partial charge in [-0.05, 0) is 41.3 Å². The first kappa shape index (κ1) is 22.1. The van der Waals surface area contributed by atoms with Crippen LogP contribution in [-0.4, -0.2) is 34.7 Å². The van der Waals surface area contributed by atoms with Crippen LogP contribution >= 0.6 is 0 Å². The van der Waals surface area contributed by atoms with Gasteiger partial charge in [-0.1, -0.05) is 60.7 Å². The molecule has 2 aromatic heterocycles. The van der Waals surface area contributed by atoms with Crippen LogP contribution in [0.25, 0.3) is 22.2 Å². The number of hydrogen-bond donors (Lipinski definition) is 2. The van der Waals surface area contributed by atoms with Crippen molar-refractivity contribution in [2.45, 2.75) is 17.4 Å². The fourth-order valence-electron chi connectivity index (χ4n) is 4.74. The number of benzene rings is 3. The molecule has 1 aliphatic rings. The average molecular weight is 498 g/mol. The van der Waals surface area contributed by atoms with Gasteiger partial charge in [0.1, 0.15) is 5.82 Å². The quantitative estimate of drug-likeness (QED) is 0.387. The SMILES string of the molecule is Nc1nc(N)c2cnn(C3Cc4ccccc4N(S(=O)(=O)c4ccc(-c5ccccc5)cc4)C3)c2n1. The number of hydrogen-bond acceptors (Lipinski definition) is 7. The van der Waals surface area contributed by atoms with Crippen LogP contribution in [0.1, 0.15) is 11.6 Å². The Morgan fingerprint density at radius 1 is 0.833 bits per heavy atom. The highest BCUT2D eigenvalue weighted by Gasteiger charge is 2.35. The highest BCUT2D eigenvalue weighted by atomic mass is 32.2. The lowest BCUT2D eigenvalue weighted by molar-refractivity contribution is 0.456. The van der Waals surface area contributed by atoms with Gasteiger partial charge in [0, 0.05) is 0 Å². The first-order valence-electron chi connectivity index (χ1n) is 11.4. The van der Waals surface area contributed by atoms with E-state index in [1.807, 2.05) is 66.7 Å². The number of para-hydroxylation sites is 1. The summed E-state index contributed by atoms with van der Waals surface area (Å²) < 4.78 is 31.0. The van der Waals surface area contributed by atoms with E-state index >= 15 is 0 Å². The molecule has 0 aliphatic carbocycles. The predicted octanol–water partition coefficient (Wildman–Crippen LogP) is 3.65. The molecule has 4 N–H and O–H groups in total. The number of nitrogens with zero attached hydrogens (tertiary/aromatic N) is 5. The standard InChI is InChI=1S/C26H23N7O2S/c27-24-22-15-29-33(25(22)31-26(28)30-24)20-14-19-8-4-5-9-23(19)32(16-20)36(34,35)21-12-10-18(11-13-21)17-6-2-1-3-7-17/h1-13,15,20H,14,16H2,(H4,27,28,30,31). The highest BCUT2D eigenvalue weighted by molar-refractivity contribution is 7.92. The number of rotatable bonds is 4. The maximum Gasteiger partial charge on any atom is 0.264 e. The summed E-state index contributed by atoms with van der Waals surface area (Å²) in [6.07, 6.45) is 2.17. The normalized spacial score (nSPS) is 15.7. The molecule has 1 aliphatic heterocycles. The van der Waals surface area contributed by atoms with Crippen molar-refractivity contribution in [1.82, 2.24) is 19.7 Å². The number of aromatic nitrogens is 4. The number of nitrogen functional groups attached to an aromatic ring is 2. The van der Waals surface area contributed by atoms with E-state index in [0.717, 1.165) is 16.7 Å². The van der Waals surface area contributed by atoms with Crippen LogP contribution in [-0.2, 0) is 16.4 Å². The second kappa shape index (κ2) is 8.35. The number of sulfonamides is 1. The molecule has 0 amide bonds.